The largest absolute Gasteiger partial charge is 0.481 e. The second kappa shape index (κ2) is 18.0. The second-order valence-corrected chi connectivity index (χ2v) is 14.0. The molecule has 2 aromatic heterocycles. The van der Waals surface area contributed by atoms with Crippen LogP contribution in [-0.2, 0) is 9.47 Å². The van der Waals surface area contributed by atoms with E-state index >= 15 is 0 Å². The van der Waals surface area contributed by atoms with E-state index in [0.717, 1.165) is 24.8 Å². The zero-order chi connectivity index (χ0) is 36.1. The van der Waals surface area contributed by atoms with E-state index in [4.69, 9.17) is 24.1 Å². The molecule has 3 rings (SSSR count). The van der Waals surface area contributed by atoms with Crippen molar-refractivity contribution >= 4 is 17.9 Å². The average molecular weight is 674 g/mol. The Labute approximate surface area is 285 Å². The number of amides is 3. The van der Waals surface area contributed by atoms with Gasteiger partial charge >= 0.3 is 12.1 Å². The highest BCUT2D eigenvalue weighted by Gasteiger charge is 2.51. The molecule has 2 unspecified atom stereocenters. The van der Waals surface area contributed by atoms with Gasteiger partial charge in [-0.25, -0.2) is 19.6 Å². The number of unbranched alkanes of at least 4 members (excludes halogenated alkanes) is 2. The maximum atomic E-state index is 13.3. The van der Waals surface area contributed by atoms with Gasteiger partial charge in [-0.15, -0.1) is 0 Å². The van der Waals surface area contributed by atoms with Crippen molar-refractivity contribution in [1.82, 2.24) is 25.5 Å². The summed E-state index contributed by atoms with van der Waals surface area (Å²) < 4.78 is 21.6. The van der Waals surface area contributed by atoms with Gasteiger partial charge in [-0.1, -0.05) is 40.5 Å². The van der Waals surface area contributed by atoms with Crippen LogP contribution in [0.2, 0.25) is 0 Å². The number of Topliss-reactive ketones (excluding diaryl/α,β-unsaturated/α-hetero) is 1. The second-order valence-electron chi connectivity index (χ2n) is 14.0. The lowest BCUT2D eigenvalue weighted by atomic mass is 9.75. The fraction of sp³-hybridized carbons (Fsp3) is 0.629. The number of nitrogens with zero attached hydrogens (tertiary/aromatic N) is 3. The lowest BCUT2D eigenvalue weighted by Gasteiger charge is -2.55. The first-order valence-corrected chi connectivity index (χ1v) is 16.3. The molecule has 0 aromatic carbocycles. The van der Waals surface area contributed by atoms with Gasteiger partial charge in [0.2, 0.25) is 11.8 Å². The SMILES string of the molecule is CCCCCNC(=O)N1C(c2ccc(OC)nc2)COC(C(C)(C)C)C1(C)C.COc1ccc(C(=O)COCC(C)(C)NC(=O)O)cn1. The minimum absolute atomic E-state index is 0.0422. The van der Waals surface area contributed by atoms with Crippen LogP contribution < -0.4 is 20.1 Å². The molecule has 1 fully saturated rings. The van der Waals surface area contributed by atoms with Gasteiger partial charge in [-0.3, -0.25) is 4.79 Å². The smallest absolute Gasteiger partial charge is 0.405 e. The molecular weight excluding hydrogens is 618 g/mol. The van der Waals surface area contributed by atoms with Crippen LogP contribution in [0.25, 0.3) is 0 Å². The monoisotopic (exact) mass is 673 g/mol. The van der Waals surface area contributed by atoms with Crippen molar-refractivity contribution in [2.45, 2.75) is 97.9 Å². The average Bonchev–Trinajstić information content (AvgIpc) is 3.01. The van der Waals surface area contributed by atoms with E-state index in [1.54, 1.807) is 39.3 Å². The van der Waals surface area contributed by atoms with Crippen molar-refractivity contribution in [3.63, 3.8) is 0 Å². The van der Waals surface area contributed by atoms with Crippen molar-refractivity contribution < 1.29 is 38.4 Å². The summed E-state index contributed by atoms with van der Waals surface area (Å²) in [7, 11) is 3.09. The minimum Gasteiger partial charge on any atom is -0.481 e. The molecule has 48 heavy (non-hydrogen) atoms. The molecule has 0 bridgehead atoms. The van der Waals surface area contributed by atoms with E-state index in [2.05, 4.69) is 62.1 Å². The molecule has 1 aliphatic heterocycles. The van der Waals surface area contributed by atoms with E-state index < -0.39 is 17.2 Å². The van der Waals surface area contributed by atoms with E-state index in [-0.39, 0.29) is 42.6 Å². The molecule has 2 atom stereocenters. The summed E-state index contributed by atoms with van der Waals surface area (Å²) in [4.78, 5) is 45.8. The quantitative estimate of drug-likeness (QED) is 0.173. The number of pyridine rings is 2. The van der Waals surface area contributed by atoms with Crippen molar-refractivity contribution in [3.05, 3.63) is 47.8 Å². The van der Waals surface area contributed by atoms with Crippen molar-refractivity contribution in [3.8, 4) is 11.8 Å². The lowest BCUT2D eigenvalue weighted by molar-refractivity contribution is -0.162. The maximum Gasteiger partial charge on any atom is 0.405 e. The van der Waals surface area contributed by atoms with Crippen LogP contribution in [0.5, 0.6) is 11.8 Å². The number of hydrogen-bond acceptors (Lipinski definition) is 9. The molecule has 13 nitrogen and oxygen atoms in total. The van der Waals surface area contributed by atoms with E-state index in [1.165, 1.54) is 13.3 Å². The first kappa shape index (κ1) is 40.2. The van der Waals surface area contributed by atoms with Crippen LogP contribution in [0.3, 0.4) is 0 Å². The van der Waals surface area contributed by atoms with Crippen LogP contribution in [0.4, 0.5) is 9.59 Å². The fourth-order valence-corrected chi connectivity index (χ4v) is 5.79. The van der Waals surface area contributed by atoms with Crippen LogP contribution in [-0.4, -0.2) is 95.6 Å². The molecular formula is C35H55N5O8. The number of carbonyl (C=O) groups is 3. The fourth-order valence-electron chi connectivity index (χ4n) is 5.79. The van der Waals surface area contributed by atoms with Crippen molar-refractivity contribution in [2.75, 3.05) is 40.6 Å². The molecule has 0 radical (unpaired) electrons. The predicted octanol–water partition coefficient (Wildman–Crippen LogP) is 5.89. The number of aromatic nitrogens is 2. The number of urea groups is 1. The molecule has 2 aromatic rings. The number of rotatable bonds is 13. The highest BCUT2D eigenvalue weighted by molar-refractivity contribution is 5.96. The Bertz CT molecular complexity index is 1310. The number of methoxy groups -OCH3 is 2. The van der Waals surface area contributed by atoms with Gasteiger partial charge < -0.3 is 39.6 Å². The first-order valence-electron chi connectivity index (χ1n) is 16.3. The lowest BCUT2D eigenvalue weighted by Crippen LogP contribution is -2.66. The summed E-state index contributed by atoms with van der Waals surface area (Å²) >= 11 is 0. The number of hydrogen-bond donors (Lipinski definition) is 3. The standard InChI is InChI=1S/C22H37N3O3.C13H18N2O5/c1-8-9-10-13-23-20(26)25-17(16-11-12-18(27-7)24-14-16)15-28-19(21(2,3)4)22(25,5)6;1-13(2,15-12(17)18)8-20-7-10(16)9-4-5-11(19-3)14-6-9/h11-12,14,17,19H,8-10,13,15H2,1-7H3,(H,23,26);4-6,15H,7-8H2,1-3H3,(H,17,18). The Morgan fingerprint density at radius 3 is 2.12 bits per heavy atom. The maximum absolute atomic E-state index is 13.3. The van der Waals surface area contributed by atoms with Crippen LogP contribution in [0.15, 0.2) is 36.7 Å². The summed E-state index contributed by atoms with van der Waals surface area (Å²) in [6.07, 6.45) is 5.20. The third-order valence-electron chi connectivity index (χ3n) is 7.82. The Balaban J connectivity index is 0.000000353. The Morgan fingerprint density at radius 2 is 1.62 bits per heavy atom. The van der Waals surface area contributed by atoms with Gasteiger partial charge in [-0.2, -0.15) is 0 Å². The number of carboxylic acid groups (broad SMARTS) is 1. The Morgan fingerprint density at radius 1 is 1.00 bits per heavy atom. The molecule has 268 valence electrons. The summed E-state index contributed by atoms with van der Waals surface area (Å²) in [5, 5.41) is 14.1. The normalized spacial score (nSPS) is 17.4. The zero-order valence-electron chi connectivity index (χ0n) is 30.2. The number of ether oxygens (including phenoxy) is 4. The van der Waals surface area contributed by atoms with Crippen LogP contribution in [0.1, 0.15) is 96.6 Å². The summed E-state index contributed by atoms with van der Waals surface area (Å²) in [5.41, 5.74) is 0.0351. The molecule has 13 heteroatoms. The van der Waals surface area contributed by atoms with E-state index in [1.807, 2.05) is 17.0 Å². The van der Waals surface area contributed by atoms with Gasteiger partial charge in [-0.05, 0) is 57.2 Å². The van der Waals surface area contributed by atoms with E-state index in [9.17, 15) is 14.4 Å². The number of carbonyl (C=O) groups excluding carboxylic acids is 2. The van der Waals surface area contributed by atoms with Crippen LogP contribution in [0, 0.1) is 5.41 Å². The van der Waals surface area contributed by atoms with Crippen molar-refractivity contribution in [2.24, 2.45) is 5.41 Å². The molecule has 1 aliphatic rings. The van der Waals surface area contributed by atoms with Crippen molar-refractivity contribution in [1.29, 1.82) is 0 Å². The minimum atomic E-state index is -1.13. The van der Waals surface area contributed by atoms with Gasteiger partial charge in [0.05, 0.1) is 50.7 Å². The Hall–Kier alpha value is -3.97. The summed E-state index contributed by atoms with van der Waals surface area (Å²) in [6.45, 7) is 17.2. The van der Waals surface area contributed by atoms with Gasteiger partial charge in [0.25, 0.3) is 0 Å². The number of nitrogens with one attached hydrogen (secondary N) is 2. The molecule has 0 spiro atoms. The van der Waals surface area contributed by atoms with Gasteiger partial charge in [0.15, 0.2) is 5.78 Å². The molecule has 0 saturated carbocycles. The third kappa shape index (κ3) is 11.9. The highest BCUT2D eigenvalue weighted by atomic mass is 16.5. The molecule has 3 heterocycles. The van der Waals surface area contributed by atoms with Gasteiger partial charge in [0.1, 0.15) is 6.61 Å². The summed E-state index contributed by atoms with van der Waals surface area (Å²) in [6, 6.07) is 6.74. The highest BCUT2D eigenvalue weighted by Crippen LogP contribution is 2.43. The number of ketones is 1. The molecule has 1 saturated heterocycles. The first-order chi connectivity index (χ1) is 22.5. The Kier molecular flexibility index (Phi) is 15.1. The van der Waals surface area contributed by atoms with Crippen LogP contribution >= 0.6 is 0 Å². The zero-order valence-corrected chi connectivity index (χ0v) is 30.2. The topological polar surface area (TPSA) is 161 Å². The van der Waals surface area contributed by atoms with E-state index in [0.29, 0.717) is 30.5 Å². The number of morpholine rings is 1. The molecule has 0 aliphatic carbocycles. The molecule has 3 amide bonds. The predicted molar refractivity (Wildman–Crippen MR) is 183 cm³/mol. The summed E-state index contributed by atoms with van der Waals surface area (Å²) in [5.74, 6) is 0.753. The molecule has 3 N–H and O–H groups in total. The van der Waals surface area contributed by atoms with Gasteiger partial charge in [0, 0.05) is 36.6 Å². The third-order valence-corrected chi connectivity index (χ3v) is 7.82.